The Kier molecular flexibility index (Phi) is 4.06. The third-order valence-electron chi connectivity index (χ3n) is 2.86. The molecule has 0 aliphatic heterocycles. The van der Waals surface area contributed by atoms with E-state index in [0.717, 1.165) is 11.4 Å². The van der Waals surface area contributed by atoms with Gasteiger partial charge in [-0.2, -0.15) is 8.42 Å². The van der Waals surface area contributed by atoms with Crippen molar-refractivity contribution in [3.63, 3.8) is 0 Å². The van der Waals surface area contributed by atoms with Gasteiger partial charge in [-0.05, 0) is 24.3 Å². The first-order valence-corrected chi connectivity index (χ1v) is 7.00. The highest BCUT2D eigenvalue weighted by Crippen LogP contribution is 2.19. The van der Waals surface area contributed by atoms with Crippen LogP contribution in [0.15, 0.2) is 48.6 Å². The Morgan fingerprint density at radius 2 is 2.00 bits per heavy atom. The average molecular weight is 276 g/mol. The smallest absolute Gasteiger partial charge is 0.219 e. The van der Waals surface area contributed by atoms with Gasteiger partial charge in [-0.3, -0.25) is 0 Å². The van der Waals surface area contributed by atoms with Crippen molar-refractivity contribution in [2.24, 2.45) is 0 Å². The van der Waals surface area contributed by atoms with E-state index >= 15 is 0 Å². The fraction of sp³-hybridized carbons (Fsp3) is 0.214. The summed E-state index contributed by atoms with van der Waals surface area (Å²) in [7, 11) is 1.72. The summed E-state index contributed by atoms with van der Waals surface area (Å²) in [5, 5.41) is 3.21. The van der Waals surface area contributed by atoms with Gasteiger partial charge >= 0.3 is 0 Å². The summed E-state index contributed by atoms with van der Waals surface area (Å²) in [6.45, 7) is 0. The van der Waals surface area contributed by atoms with E-state index in [0.29, 0.717) is 4.86 Å². The molecule has 1 aliphatic rings. The molecule has 0 heterocycles. The van der Waals surface area contributed by atoms with Crippen LogP contribution in [0, 0.1) is 0 Å². The van der Waals surface area contributed by atoms with Crippen molar-refractivity contribution < 1.29 is 8.42 Å². The van der Waals surface area contributed by atoms with Crippen LogP contribution in [0.4, 0.5) is 11.4 Å². The number of allylic oxidation sites excluding steroid dienone is 2. The molecular weight excluding hydrogens is 260 g/mol. The second-order valence-corrected chi connectivity index (χ2v) is 5.39. The number of hydrogen-bond donors (Lipinski definition) is 1. The third-order valence-corrected chi connectivity index (χ3v) is 3.63. The standard InChI is InChI=1S/C14H16N2O2S/c1-16(2)12-7-5-6-11(10-12)15-13-8-3-4-9-14(13)19(17)18/h3-10,13,15H,1-2H3. The molecule has 1 unspecified atom stereocenters. The summed E-state index contributed by atoms with van der Waals surface area (Å²) < 4.78 is 22.3. The molecule has 1 aliphatic carbocycles. The quantitative estimate of drug-likeness (QED) is 0.854. The van der Waals surface area contributed by atoms with Gasteiger partial charge in [0.1, 0.15) is 0 Å². The highest BCUT2D eigenvalue weighted by atomic mass is 32.2. The van der Waals surface area contributed by atoms with Crippen LogP contribution in [-0.4, -0.2) is 33.4 Å². The Balaban J connectivity index is 2.26. The van der Waals surface area contributed by atoms with Crippen LogP contribution in [-0.2, 0) is 10.3 Å². The van der Waals surface area contributed by atoms with E-state index in [2.05, 4.69) is 5.32 Å². The minimum atomic E-state index is -2.21. The molecule has 0 fully saturated rings. The highest BCUT2D eigenvalue weighted by molar-refractivity contribution is 7.73. The fourth-order valence-corrected chi connectivity index (χ4v) is 2.39. The van der Waals surface area contributed by atoms with Crippen molar-refractivity contribution in [1.29, 1.82) is 0 Å². The molecule has 0 saturated heterocycles. The summed E-state index contributed by atoms with van der Waals surface area (Å²) in [4.78, 5) is 2.34. The van der Waals surface area contributed by atoms with Gasteiger partial charge in [0, 0.05) is 25.5 Å². The molecule has 1 aromatic rings. The normalized spacial score (nSPS) is 17.4. The predicted molar refractivity (Wildman–Crippen MR) is 80.4 cm³/mol. The lowest BCUT2D eigenvalue weighted by atomic mass is 10.1. The molecule has 0 radical (unpaired) electrons. The molecule has 19 heavy (non-hydrogen) atoms. The molecule has 0 amide bonds. The maximum absolute atomic E-state index is 11.2. The van der Waals surface area contributed by atoms with Crippen LogP contribution in [0.25, 0.3) is 0 Å². The van der Waals surface area contributed by atoms with Gasteiger partial charge in [0.05, 0.1) is 10.9 Å². The summed E-state index contributed by atoms with van der Waals surface area (Å²) in [5.74, 6) is 0. The summed E-state index contributed by atoms with van der Waals surface area (Å²) in [6, 6.07) is 7.52. The zero-order valence-corrected chi connectivity index (χ0v) is 11.7. The first-order valence-electron chi connectivity index (χ1n) is 5.93. The van der Waals surface area contributed by atoms with Gasteiger partial charge in [-0.15, -0.1) is 0 Å². The molecule has 5 heteroatoms. The molecule has 4 nitrogen and oxygen atoms in total. The molecule has 1 aromatic carbocycles. The monoisotopic (exact) mass is 276 g/mol. The lowest BCUT2D eigenvalue weighted by Gasteiger charge is -2.19. The zero-order chi connectivity index (χ0) is 13.8. The largest absolute Gasteiger partial charge is 0.378 e. The minimum Gasteiger partial charge on any atom is -0.378 e. The van der Waals surface area contributed by atoms with E-state index in [-0.39, 0.29) is 6.04 Å². The molecule has 100 valence electrons. The van der Waals surface area contributed by atoms with E-state index in [4.69, 9.17) is 0 Å². The average Bonchev–Trinajstić information content (AvgIpc) is 2.39. The Hall–Kier alpha value is -2.01. The van der Waals surface area contributed by atoms with Gasteiger partial charge < -0.3 is 10.2 Å². The molecule has 1 N–H and O–H groups in total. The maximum Gasteiger partial charge on any atom is 0.219 e. The lowest BCUT2D eigenvalue weighted by Crippen LogP contribution is -2.28. The van der Waals surface area contributed by atoms with E-state index in [1.807, 2.05) is 55.4 Å². The molecule has 1 atom stereocenters. The SMILES string of the molecule is CN(C)c1cccc(NC2C=CC=CC2=S(=O)=O)c1. The van der Waals surface area contributed by atoms with Crippen LogP contribution in [0.2, 0.25) is 0 Å². The van der Waals surface area contributed by atoms with Gasteiger partial charge in [0.15, 0.2) is 0 Å². The van der Waals surface area contributed by atoms with E-state index in [1.54, 1.807) is 12.2 Å². The lowest BCUT2D eigenvalue weighted by molar-refractivity contribution is 0.627. The summed E-state index contributed by atoms with van der Waals surface area (Å²) >= 11 is 0. The molecule has 0 spiro atoms. The van der Waals surface area contributed by atoms with Crippen LogP contribution < -0.4 is 10.2 Å². The highest BCUT2D eigenvalue weighted by Gasteiger charge is 2.14. The number of rotatable bonds is 3. The number of hydrogen-bond acceptors (Lipinski definition) is 4. The third kappa shape index (κ3) is 3.26. The predicted octanol–water partition coefficient (Wildman–Crippen LogP) is 1.71. The van der Waals surface area contributed by atoms with Crippen LogP contribution in [0.3, 0.4) is 0 Å². The van der Waals surface area contributed by atoms with E-state index < -0.39 is 10.3 Å². The van der Waals surface area contributed by atoms with Crippen molar-refractivity contribution in [2.45, 2.75) is 6.04 Å². The maximum atomic E-state index is 11.2. The van der Waals surface area contributed by atoms with Crippen molar-refractivity contribution in [3.05, 3.63) is 48.6 Å². The Labute approximate surface area is 114 Å². The van der Waals surface area contributed by atoms with E-state index in [1.165, 1.54) is 0 Å². The van der Waals surface area contributed by atoms with Crippen LogP contribution >= 0.6 is 0 Å². The Morgan fingerprint density at radius 3 is 2.68 bits per heavy atom. The van der Waals surface area contributed by atoms with E-state index in [9.17, 15) is 8.42 Å². The Morgan fingerprint density at radius 1 is 1.21 bits per heavy atom. The van der Waals surface area contributed by atoms with Gasteiger partial charge in [0.2, 0.25) is 10.3 Å². The number of nitrogens with one attached hydrogen (secondary N) is 1. The van der Waals surface area contributed by atoms with Gasteiger partial charge in [-0.1, -0.05) is 24.3 Å². The molecule has 0 aromatic heterocycles. The summed E-state index contributed by atoms with van der Waals surface area (Å²) in [6.07, 6.45) is 6.99. The zero-order valence-electron chi connectivity index (χ0n) is 10.9. The van der Waals surface area contributed by atoms with Gasteiger partial charge in [-0.25, -0.2) is 0 Å². The number of benzene rings is 1. The van der Waals surface area contributed by atoms with Crippen LogP contribution in [0.5, 0.6) is 0 Å². The number of anilines is 2. The van der Waals surface area contributed by atoms with Crippen molar-refractivity contribution in [1.82, 2.24) is 0 Å². The second-order valence-electron chi connectivity index (χ2n) is 4.45. The fourth-order valence-electron chi connectivity index (χ4n) is 1.86. The van der Waals surface area contributed by atoms with Crippen molar-refractivity contribution in [2.75, 3.05) is 24.3 Å². The first kappa shape index (κ1) is 13.4. The van der Waals surface area contributed by atoms with Crippen LogP contribution in [0.1, 0.15) is 0 Å². The first-order chi connectivity index (χ1) is 9.08. The summed E-state index contributed by atoms with van der Waals surface area (Å²) in [5.41, 5.74) is 1.95. The van der Waals surface area contributed by atoms with Crippen molar-refractivity contribution >= 4 is 26.5 Å². The minimum absolute atomic E-state index is 0.319. The van der Waals surface area contributed by atoms with Gasteiger partial charge in [0.25, 0.3) is 0 Å². The molecule has 2 rings (SSSR count). The molecule has 0 saturated carbocycles. The second kappa shape index (κ2) is 5.75. The number of nitrogens with zero attached hydrogens (tertiary/aromatic N) is 1. The Bertz CT molecular complexity index is 650. The van der Waals surface area contributed by atoms with Crippen molar-refractivity contribution in [3.8, 4) is 0 Å². The topological polar surface area (TPSA) is 49.4 Å². The molecule has 0 bridgehead atoms. The molecular formula is C14H16N2O2S.